The first-order chi connectivity index (χ1) is 8.18. The fourth-order valence-corrected chi connectivity index (χ4v) is 1.99. The minimum atomic E-state index is -3.88. The van der Waals surface area contributed by atoms with Gasteiger partial charge in [-0.3, -0.25) is 4.79 Å². The van der Waals surface area contributed by atoms with Gasteiger partial charge in [-0.15, -0.1) is 11.6 Å². The Morgan fingerprint density at radius 3 is 2.44 bits per heavy atom. The number of hydrogen-bond donors (Lipinski definition) is 2. The first-order valence-corrected chi connectivity index (χ1v) is 7.26. The van der Waals surface area contributed by atoms with Crippen LogP contribution >= 0.6 is 11.6 Å². The molecule has 1 aromatic carbocycles. The zero-order valence-electron chi connectivity index (χ0n) is 10.1. The van der Waals surface area contributed by atoms with Crippen molar-refractivity contribution < 1.29 is 13.2 Å². The molecule has 7 heteroatoms. The molecule has 0 aliphatic rings. The predicted octanol–water partition coefficient (Wildman–Crippen LogP) is 1.54. The molecule has 1 rings (SSSR count). The highest BCUT2D eigenvalue weighted by Crippen LogP contribution is 2.24. The van der Waals surface area contributed by atoms with Crippen molar-refractivity contribution in [2.75, 3.05) is 11.2 Å². The topological polar surface area (TPSA) is 89.3 Å². The quantitative estimate of drug-likeness (QED) is 0.824. The van der Waals surface area contributed by atoms with E-state index in [0.29, 0.717) is 0 Å². The molecule has 18 heavy (non-hydrogen) atoms. The van der Waals surface area contributed by atoms with E-state index in [1.165, 1.54) is 18.2 Å². The first kappa shape index (κ1) is 14.9. The first-order valence-electron chi connectivity index (χ1n) is 5.18. The Morgan fingerprint density at radius 1 is 1.39 bits per heavy atom. The molecule has 0 saturated carbocycles. The highest BCUT2D eigenvalue weighted by Gasteiger charge is 2.27. The molecule has 1 amide bonds. The molecule has 0 aliphatic carbocycles. The van der Waals surface area contributed by atoms with E-state index in [-0.39, 0.29) is 22.4 Å². The minimum absolute atomic E-state index is 0.121. The van der Waals surface area contributed by atoms with Gasteiger partial charge in [-0.2, -0.15) is 0 Å². The summed E-state index contributed by atoms with van der Waals surface area (Å²) in [6, 6.07) is 5.95. The number of halogens is 1. The summed E-state index contributed by atoms with van der Waals surface area (Å²) in [5.41, 5.74) is -0.643. The molecule has 0 aromatic heterocycles. The van der Waals surface area contributed by atoms with Gasteiger partial charge in [0.1, 0.15) is 4.90 Å². The molecule has 100 valence electrons. The lowest BCUT2D eigenvalue weighted by molar-refractivity contribution is -0.122. The molecule has 0 saturated heterocycles. The van der Waals surface area contributed by atoms with Gasteiger partial charge in [0, 0.05) is 5.88 Å². The Bertz CT molecular complexity index is 555. The van der Waals surface area contributed by atoms with E-state index < -0.39 is 15.4 Å². The fourth-order valence-electron chi connectivity index (χ4n) is 1.17. The second-order valence-electron chi connectivity index (χ2n) is 4.51. The summed E-state index contributed by atoms with van der Waals surface area (Å²) in [5.74, 6) is -0.246. The second-order valence-corrected chi connectivity index (χ2v) is 6.31. The van der Waals surface area contributed by atoms with Crippen LogP contribution in [0.1, 0.15) is 13.8 Å². The normalized spacial score (nSPS) is 12.2. The molecular formula is C11H15ClN2O3S. The van der Waals surface area contributed by atoms with Crippen molar-refractivity contribution in [2.45, 2.75) is 18.7 Å². The van der Waals surface area contributed by atoms with Crippen LogP contribution in [0.5, 0.6) is 0 Å². The van der Waals surface area contributed by atoms with Gasteiger partial charge in [-0.05, 0) is 26.0 Å². The Morgan fingerprint density at radius 2 is 1.94 bits per heavy atom. The summed E-state index contributed by atoms with van der Waals surface area (Å²) < 4.78 is 22.7. The molecule has 0 bridgehead atoms. The van der Waals surface area contributed by atoms with Crippen molar-refractivity contribution >= 4 is 33.2 Å². The highest BCUT2D eigenvalue weighted by molar-refractivity contribution is 7.89. The molecule has 0 aliphatic heterocycles. The van der Waals surface area contributed by atoms with E-state index in [2.05, 4.69) is 5.32 Å². The summed E-state index contributed by atoms with van der Waals surface area (Å²) in [4.78, 5) is 11.8. The Balaban J connectivity index is 3.11. The second kappa shape index (κ2) is 5.26. The van der Waals surface area contributed by atoms with Crippen molar-refractivity contribution in [3.05, 3.63) is 24.3 Å². The molecule has 1 aromatic rings. The average molecular weight is 291 g/mol. The molecule has 0 radical (unpaired) electrons. The number of sulfonamides is 1. The highest BCUT2D eigenvalue weighted by atomic mass is 35.5. The number of hydrogen-bond acceptors (Lipinski definition) is 3. The van der Waals surface area contributed by atoms with E-state index in [1.54, 1.807) is 19.9 Å². The Hall–Kier alpha value is -1.11. The van der Waals surface area contributed by atoms with Crippen LogP contribution < -0.4 is 10.5 Å². The number of anilines is 1. The summed E-state index contributed by atoms with van der Waals surface area (Å²) >= 11 is 5.68. The Labute approximate surface area is 111 Å². The minimum Gasteiger partial charge on any atom is -0.324 e. The van der Waals surface area contributed by atoms with E-state index in [0.717, 1.165) is 0 Å². The van der Waals surface area contributed by atoms with Gasteiger partial charge < -0.3 is 5.32 Å². The lowest BCUT2D eigenvalue weighted by Crippen LogP contribution is -2.33. The van der Waals surface area contributed by atoms with Crippen LogP contribution in [-0.2, 0) is 14.8 Å². The standard InChI is InChI=1S/C11H15ClN2O3S/c1-11(2,7-12)10(15)14-8-5-3-4-6-9(8)18(13,16)17/h3-6H,7H2,1-2H3,(H,14,15)(H2,13,16,17). The molecule has 5 nitrogen and oxygen atoms in total. The van der Waals surface area contributed by atoms with E-state index in [4.69, 9.17) is 16.7 Å². The maximum Gasteiger partial charge on any atom is 0.240 e. The number of alkyl halides is 1. The summed E-state index contributed by atoms with van der Waals surface area (Å²) in [6.07, 6.45) is 0. The van der Waals surface area contributed by atoms with Gasteiger partial charge in [0.05, 0.1) is 11.1 Å². The third-order valence-corrected chi connectivity index (χ3v) is 4.03. The molecule has 0 heterocycles. The van der Waals surface area contributed by atoms with E-state index in [9.17, 15) is 13.2 Å². The van der Waals surface area contributed by atoms with Gasteiger partial charge >= 0.3 is 0 Å². The number of amides is 1. The summed E-state index contributed by atoms with van der Waals surface area (Å²) in [6.45, 7) is 3.32. The monoisotopic (exact) mass is 290 g/mol. The molecular weight excluding hydrogens is 276 g/mol. The average Bonchev–Trinajstić information content (AvgIpc) is 2.28. The van der Waals surface area contributed by atoms with Gasteiger partial charge in [0.15, 0.2) is 0 Å². The zero-order valence-corrected chi connectivity index (χ0v) is 11.7. The predicted molar refractivity (Wildman–Crippen MR) is 70.9 cm³/mol. The number of carbonyl (C=O) groups is 1. The van der Waals surface area contributed by atoms with Gasteiger partial charge in [0.25, 0.3) is 0 Å². The SMILES string of the molecule is CC(C)(CCl)C(=O)Nc1ccccc1S(N)(=O)=O. The maximum absolute atomic E-state index is 11.9. The van der Waals surface area contributed by atoms with Crippen LogP contribution in [0.3, 0.4) is 0 Å². The van der Waals surface area contributed by atoms with E-state index >= 15 is 0 Å². The summed E-state index contributed by atoms with van der Waals surface area (Å²) in [7, 11) is -3.88. The smallest absolute Gasteiger partial charge is 0.240 e. The summed E-state index contributed by atoms with van der Waals surface area (Å²) in [5, 5.41) is 7.60. The zero-order chi connectivity index (χ0) is 14.0. The van der Waals surface area contributed by atoms with Crippen molar-refractivity contribution in [3.63, 3.8) is 0 Å². The van der Waals surface area contributed by atoms with Crippen LogP contribution in [0.4, 0.5) is 5.69 Å². The van der Waals surface area contributed by atoms with Crippen molar-refractivity contribution in [2.24, 2.45) is 10.6 Å². The van der Waals surface area contributed by atoms with Crippen LogP contribution in [0.15, 0.2) is 29.2 Å². The van der Waals surface area contributed by atoms with Gasteiger partial charge in [-0.25, -0.2) is 13.6 Å². The van der Waals surface area contributed by atoms with Crippen molar-refractivity contribution in [1.29, 1.82) is 0 Å². The van der Waals surface area contributed by atoms with Crippen molar-refractivity contribution in [3.8, 4) is 0 Å². The number of carbonyl (C=O) groups excluding carboxylic acids is 1. The third-order valence-electron chi connectivity index (χ3n) is 2.39. The molecule has 0 fully saturated rings. The fraction of sp³-hybridized carbons (Fsp3) is 0.364. The number of rotatable bonds is 4. The number of benzene rings is 1. The Kier molecular flexibility index (Phi) is 4.37. The number of primary sulfonamides is 1. The maximum atomic E-state index is 11.9. The van der Waals surface area contributed by atoms with Crippen LogP contribution in [-0.4, -0.2) is 20.2 Å². The molecule has 3 N–H and O–H groups in total. The van der Waals surface area contributed by atoms with E-state index in [1.807, 2.05) is 0 Å². The van der Waals surface area contributed by atoms with Crippen LogP contribution in [0, 0.1) is 5.41 Å². The molecule has 0 atom stereocenters. The largest absolute Gasteiger partial charge is 0.324 e. The number of para-hydroxylation sites is 1. The van der Waals surface area contributed by atoms with Gasteiger partial charge in [-0.1, -0.05) is 12.1 Å². The molecule has 0 spiro atoms. The molecule has 0 unspecified atom stereocenters. The van der Waals surface area contributed by atoms with Gasteiger partial charge in [0.2, 0.25) is 15.9 Å². The number of nitrogens with one attached hydrogen (secondary N) is 1. The number of nitrogens with two attached hydrogens (primary N) is 1. The third kappa shape index (κ3) is 3.44. The van der Waals surface area contributed by atoms with Crippen LogP contribution in [0.2, 0.25) is 0 Å². The lowest BCUT2D eigenvalue weighted by Gasteiger charge is -2.21. The van der Waals surface area contributed by atoms with Crippen molar-refractivity contribution in [1.82, 2.24) is 0 Å². The van der Waals surface area contributed by atoms with Crippen LogP contribution in [0.25, 0.3) is 0 Å². The lowest BCUT2D eigenvalue weighted by atomic mass is 9.95.